The Morgan fingerprint density at radius 1 is 1.14 bits per heavy atom. The van der Waals surface area contributed by atoms with Gasteiger partial charge in [0.1, 0.15) is 5.69 Å². The first kappa shape index (κ1) is 26.3. The number of halogens is 2. The average molecular weight is 517 g/mol. The molecule has 9 nitrogen and oxygen atoms in total. The SMILES string of the molecule is CNC(=O)c1ccc(C(=O)NC[C@H]2C[C@@H](c3ccc(OC(F)F)c(OCC4CC4)c3)CN2C(C)=O)nc1. The van der Waals surface area contributed by atoms with E-state index < -0.39 is 12.5 Å². The smallest absolute Gasteiger partial charge is 0.387 e. The summed E-state index contributed by atoms with van der Waals surface area (Å²) in [5.74, 6) is -0.229. The van der Waals surface area contributed by atoms with Crippen molar-refractivity contribution in [3.63, 3.8) is 0 Å². The predicted octanol–water partition coefficient (Wildman–Crippen LogP) is 2.97. The average Bonchev–Trinajstić information content (AvgIpc) is 3.62. The Labute approximate surface area is 213 Å². The van der Waals surface area contributed by atoms with E-state index in [0.29, 0.717) is 31.1 Å². The summed E-state index contributed by atoms with van der Waals surface area (Å²) < 4.78 is 36.2. The van der Waals surface area contributed by atoms with E-state index in [1.807, 2.05) is 0 Å². The molecule has 0 radical (unpaired) electrons. The molecule has 2 fully saturated rings. The maximum Gasteiger partial charge on any atom is 0.387 e. The number of hydrogen-bond donors (Lipinski definition) is 2. The van der Waals surface area contributed by atoms with Crippen LogP contribution in [0.4, 0.5) is 8.78 Å². The minimum absolute atomic E-state index is 0.0143. The molecule has 0 spiro atoms. The van der Waals surface area contributed by atoms with E-state index >= 15 is 0 Å². The lowest BCUT2D eigenvalue weighted by atomic mass is 9.96. The molecule has 2 aromatic rings. The number of rotatable bonds is 10. The summed E-state index contributed by atoms with van der Waals surface area (Å²) in [6.07, 6.45) is 4.01. The number of carbonyl (C=O) groups is 3. The summed E-state index contributed by atoms with van der Waals surface area (Å²) in [6, 6.07) is 7.62. The Balaban J connectivity index is 1.42. The van der Waals surface area contributed by atoms with Crippen LogP contribution in [0.5, 0.6) is 11.5 Å². The third kappa shape index (κ3) is 6.72. The maximum atomic E-state index is 12.9. The van der Waals surface area contributed by atoms with Crippen LogP contribution in [0, 0.1) is 5.92 Å². The highest BCUT2D eigenvalue weighted by molar-refractivity contribution is 5.96. The van der Waals surface area contributed by atoms with Gasteiger partial charge in [-0.25, -0.2) is 0 Å². The van der Waals surface area contributed by atoms with E-state index in [1.165, 1.54) is 38.4 Å². The van der Waals surface area contributed by atoms with Crippen molar-refractivity contribution in [1.29, 1.82) is 0 Å². The summed E-state index contributed by atoms with van der Waals surface area (Å²) in [5.41, 5.74) is 1.34. The number of ether oxygens (including phenoxy) is 2. The fraction of sp³-hybridized carbons (Fsp3) is 0.462. The summed E-state index contributed by atoms with van der Waals surface area (Å²) >= 11 is 0. The molecule has 3 amide bonds. The lowest BCUT2D eigenvalue weighted by Gasteiger charge is -2.23. The monoisotopic (exact) mass is 516 g/mol. The molecular formula is C26H30F2N4O5. The van der Waals surface area contributed by atoms with Crippen LogP contribution >= 0.6 is 0 Å². The summed E-state index contributed by atoms with van der Waals surface area (Å²) in [5, 5.41) is 5.31. The number of benzene rings is 1. The van der Waals surface area contributed by atoms with Gasteiger partial charge in [-0.2, -0.15) is 8.78 Å². The van der Waals surface area contributed by atoms with E-state index in [2.05, 4.69) is 20.4 Å². The highest BCUT2D eigenvalue weighted by Gasteiger charge is 2.35. The normalized spacial score (nSPS) is 19.0. The molecule has 2 N–H and O–H groups in total. The van der Waals surface area contributed by atoms with Crippen LogP contribution in [0.15, 0.2) is 36.5 Å². The quantitative estimate of drug-likeness (QED) is 0.503. The van der Waals surface area contributed by atoms with Gasteiger partial charge in [0.25, 0.3) is 11.8 Å². The number of nitrogens with one attached hydrogen (secondary N) is 2. The van der Waals surface area contributed by atoms with Gasteiger partial charge in [-0.1, -0.05) is 6.07 Å². The molecule has 2 heterocycles. The first-order chi connectivity index (χ1) is 17.7. The third-order valence-corrected chi connectivity index (χ3v) is 6.63. The van der Waals surface area contributed by atoms with Crippen LogP contribution < -0.4 is 20.1 Å². The molecular weight excluding hydrogens is 486 g/mol. The Morgan fingerprint density at radius 2 is 1.92 bits per heavy atom. The highest BCUT2D eigenvalue weighted by atomic mass is 19.3. The predicted molar refractivity (Wildman–Crippen MR) is 130 cm³/mol. The number of pyridine rings is 1. The zero-order valence-electron chi connectivity index (χ0n) is 20.7. The van der Waals surface area contributed by atoms with Crippen LogP contribution in [-0.2, 0) is 4.79 Å². The Hall–Kier alpha value is -3.76. The van der Waals surface area contributed by atoms with Crippen LogP contribution in [0.25, 0.3) is 0 Å². The van der Waals surface area contributed by atoms with E-state index in [9.17, 15) is 23.2 Å². The molecule has 2 aliphatic rings. The van der Waals surface area contributed by atoms with E-state index in [0.717, 1.165) is 18.4 Å². The fourth-order valence-corrected chi connectivity index (χ4v) is 4.42. The molecule has 11 heteroatoms. The molecule has 0 bridgehead atoms. The molecule has 1 aliphatic heterocycles. The van der Waals surface area contributed by atoms with Gasteiger partial charge in [-0.15, -0.1) is 0 Å². The Bertz CT molecular complexity index is 1140. The molecule has 2 atom stereocenters. The van der Waals surface area contributed by atoms with Crippen LogP contribution in [0.3, 0.4) is 0 Å². The van der Waals surface area contributed by atoms with Crippen molar-refractivity contribution in [2.75, 3.05) is 26.7 Å². The highest BCUT2D eigenvalue weighted by Crippen LogP contribution is 2.38. The first-order valence-electron chi connectivity index (χ1n) is 12.2. The maximum absolute atomic E-state index is 12.9. The van der Waals surface area contributed by atoms with Gasteiger partial charge < -0.3 is 25.0 Å². The van der Waals surface area contributed by atoms with Gasteiger partial charge >= 0.3 is 6.61 Å². The van der Waals surface area contributed by atoms with E-state index in [1.54, 1.807) is 17.0 Å². The summed E-state index contributed by atoms with van der Waals surface area (Å²) in [7, 11) is 1.51. The number of hydrogen-bond acceptors (Lipinski definition) is 6. The molecule has 0 unspecified atom stereocenters. The second-order valence-electron chi connectivity index (χ2n) is 9.32. The van der Waals surface area contributed by atoms with Gasteiger partial charge in [-0.05, 0) is 55.0 Å². The van der Waals surface area contributed by atoms with E-state index in [4.69, 9.17) is 4.74 Å². The number of carbonyl (C=O) groups excluding carboxylic acids is 3. The van der Waals surface area contributed by atoms with E-state index in [-0.39, 0.29) is 47.5 Å². The second-order valence-corrected chi connectivity index (χ2v) is 9.32. The van der Waals surface area contributed by atoms with Gasteiger partial charge in [-0.3, -0.25) is 19.4 Å². The van der Waals surface area contributed by atoms with Gasteiger partial charge in [0.2, 0.25) is 5.91 Å². The molecule has 1 aromatic heterocycles. The summed E-state index contributed by atoms with van der Waals surface area (Å²) in [4.78, 5) is 42.4. The molecule has 1 aliphatic carbocycles. The third-order valence-electron chi connectivity index (χ3n) is 6.63. The fourth-order valence-electron chi connectivity index (χ4n) is 4.42. The van der Waals surface area contributed by atoms with Crippen LogP contribution in [0.2, 0.25) is 0 Å². The van der Waals surface area contributed by atoms with Crippen LogP contribution in [-0.4, -0.2) is 67.0 Å². The largest absolute Gasteiger partial charge is 0.489 e. The molecule has 37 heavy (non-hydrogen) atoms. The minimum atomic E-state index is -2.96. The number of amides is 3. The molecule has 4 rings (SSSR count). The lowest BCUT2D eigenvalue weighted by Crippen LogP contribution is -2.42. The van der Waals surface area contributed by atoms with Crippen molar-refractivity contribution in [2.24, 2.45) is 5.92 Å². The standard InChI is InChI=1S/C26H30F2N4O5/c1-15(33)32-13-19(17-6-8-22(37-26(27)28)23(10-17)36-14-16-3-4-16)9-20(32)12-31-25(35)21-7-5-18(11-30-21)24(34)29-2/h5-8,10-11,16,19-20,26H,3-4,9,12-14H2,1-2H3,(H,29,34)(H,31,35)/t19-,20-/m1/s1. The molecule has 1 saturated heterocycles. The van der Waals surface area contributed by atoms with Crippen molar-refractivity contribution < 1.29 is 32.6 Å². The second kappa shape index (κ2) is 11.5. The number of nitrogens with zero attached hydrogens (tertiary/aromatic N) is 2. The minimum Gasteiger partial charge on any atom is -0.489 e. The van der Waals surface area contributed by atoms with Gasteiger partial charge in [0, 0.05) is 45.2 Å². The first-order valence-corrected chi connectivity index (χ1v) is 12.2. The van der Waals surface area contributed by atoms with Crippen molar-refractivity contribution >= 4 is 17.7 Å². The van der Waals surface area contributed by atoms with Gasteiger partial charge in [0.05, 0.1) is 12.2 Å². The number of aromatic nitrogens is 1. The zero-order chi connectivity index (χ0) is 26.5. The Morgan fingerprint density at radius 3 is 2.54 bits per heavy atom. The summed E-state index contributed by atoms with van der Waals surface area (Å²) in [6.45, 7) is -0.409. The van der Waals surface area contributed by atoms with Crippen molar-refractivity contribution in [1.82, 2.24) is 20.5 Å². The van der Waals surface area contributed by atoms with Gasteiger partial charge in [0.15, 0.2) is 11.5 Å². The zero-order valence-corrected chi connectivity index (χ0v) is 20.7. The molecule has 1 aromatic carbocycles. The van der Waals surface area contributed by atoms with Crippen LogP contribution in [0.1, 0.15) is 58.5 Å². The topological polar surface area (TPSA) is 110 Å². The molecule has 198 valence electrons. The Kier molecular flexibility index (Phi) is 8.20. The lowest BCUT2D eigenvalue weighted by molar-refractivity contribution is -0.129. The van der Waals surface area contributed by atoms with Crippen molar-refractivity contribution in [2.45, 2.75) is 44.8 Å². The number of likely N-dealkylation sites (tertiary alicyclic amines) is 1. The van der Waals surface area contributed by atoms with Crippen molar-refractivity contribution in [3.8, 4) is 11.5 Å². The molecule has 1 saturated carbocycles. The van der Waals surface area contributed by atoms with Crippen molar-refractivity contribution in [3.05, 3.63) is 53.3 Å². The number of alkyl halides is 2.